The molecule has 2 saturated heterocycles. The molecule has 6 aromatic carbocycles. The largest absolute Gasteiger partial charge is 0.369 e. The number of amides is 4. The van der Waals surface area contributed by atoms with E-state index in [1.165, 1.54) is 0 Å². The molecule has 1 aromatic heterocycles. The first-order chi connectivity index (χ1) is 40.4. The first-order valence-corrected chi connectivity index (χ1v) is 27.9. The summed E-state index contributed by atoms with van der Waals surface area (Å²) >= 11 is 0. The summed E-state index contributed by atoms with van der Waals surface area (Å²) in [6, 6.07) is 48.6. The number of aromatic nitrogens is 1. The Morgan fingerprint density at radius 3 is 1.61 bits per heavy atom. The molecule has 3 aliphatic rings. The maximum Gasteiger partial charge on any atom is 0.263 e. The number of carbonyl (C=O) groups is 4. The highest BCUT2D eigenvalue weighted by atomic mass is 16.7. The molecule has 2 unspecified atom stereocenters. The molecular formula is C71H66N6O6. The summed E-state index contributed by atoms with van der Waals surface area (Å²) in [7, 11) is 0. The Bertz CT molecular complexity index is 3760. The van der Waals surface area contributed by atoms with Gasteiger partial charge in [0.1, 0.15) is 0 Å². The number of hydroxylamine groups is 4. The Labute approximate surface area is 486 Å². The van der Waals surface area contributed by atoms with Crippen molar-refractivity contribution in [1.82, 2.24) is 14.7 Å². The van der Waals surface area contributed by atoms with Crippen LogP contribution < -0.4 is 24.4 Å². The molecule has 7 aromatic rings. The van der Waals surface area contributed by atoms with E-state index in [4.69, 9.17) is 9.68 Å². The van der Waals surface area contributed by atoms with Crippen molar-refractivity contribution in [3.63, 3.8) is 0 Å². The highest BCUT2D eigenvalue weighted by Crippen LogP contribution is 2.49. The highest BCUT2D eigenvalue weighted by Gasteiger charge is 2.37. The van der Waals surface area contributed by atoms with Gasteiger partial charge in [-0.1, -0.05) is 98.2 Å². The number of para-hydroxylation sites is 1. The van der Waals surface area contributed by atoms with Gasteiger partial charge < -0.3 is 28.9 Å². The maximum absolute atomic E-state index is 12.5. The summed E-state index contributed by atoms with van der Waals surface area (Å²) in [5, 5.41) is 1.70. The van der Waals surface area contributed by atoms with Crippen LogP contribution in [0.25, 0.3) is 35.1 Å². The summed E-state index contributed by atoms with van der Waals surface area (Å²) in [6.45, 7) is 22.8. The number of anilines is 7. The topological polar surface area (TPSA) is 108 Å². The van der Waals surface area contributed by atoms with E-state index in [9.17, 15) is 19.2 Å². The first kappa shape index (κ1) is 56.1. The number of rotatable bonds is 20. The minimum atomic E-state index is -0.366. The molecule has 0 saturated carbocycles. The van der Waals surface area contributed by atoms with Crippen LogP contribution in [0.2, 0.25) is 0 Å². The normalized spacial score (nSPS) is 16.5. The Kier molecular flexibility index (Phi) is 16.7. The molecule has 2 atom stereocenters. The zero-order valence-electron chi connectivity index (χ0n) is 47.4. The van der Waals surface area contributed by atoms with Gasteiger partial charge >= 0.3 is 0 Å². The van der Waals surface area contributed by atoms with Crippen LogP contribution >= 0.6 is 0 Å². The second-order valence-corrected chi connectivity index (χ2v) is 20.3. The second kappa shape index (κ2) is 24.7. The molecule has 0 radical (unpaired) electrons. The lowest BCUT2D eigenvalue weighted by atomic mass is 9.93. The number of hydrogen-bond donors (Lipinski definition) is 0. The summed E-state index contributed by atoms with van der Waals surface area (Å²) in [5.41, 5.74) is 15.6. The minimum absolute atomic E-state index is 0.0151. The fourth-order valence-corrected chi connectivity index (χ4v) is 11.3. The van der Waals surface area contributed by atoms with Crippen molar-refractivity contribution in [2.45, 2.75) is 72.3 Å². The average Bonchev–Trinajstić information content (AvgIpc) is 4.02. The van der Waals surface area contributed by atoms with Crippen LogP contribution in [0, 0.1) is 6.92 Å². The summed E-state index contributed by atoms with van der Waals surface area (Å²) in [6.07, 6.45) is 22.9. The highest BCUT2D eigenvalue weighted by molar-refractivity contribution is 6.01. The third kappa shape index (κ3) is 11.2. The maximum atomic E-state index is 12.5. The fraction of sp³-hybridized carbons (Fsp3) is 0.155. The predicted molar refractivity (Wildman–Crippen MR) is 336 cm³/mol. The molecule has 2 fully saturated rings. The number of hydrogen-bond acceptors (Lipinski definition) is 9. The molecule has 3 aliphatic heterocycles. The Balaban J connectivity index is 1.02. The van der Waals surface area contributed by atoms with Crippen molar-refractivity contribution in [1.29, 1.82) is 0 Å². The zero-order chi connectivity index (χ0) is 58.3. The fourth-order valence-electron chi connectivity index (χ4n) is 11.3. The quantitative estimate of drug-likeness (QED) is 0.0419. The molecular weight excluding hydrogens is 1030 g/mol. The van der Waals surface area contributed by atoms with Gasteiger partial charge in [0.25, 0.3) is 23.6 Å². The standard InChI is InChI=1S/C71H66N6O6/c1-9-18-52(19-10-2)73-49(8)63(61(13-5)66(73)21-12-4)46-48(7)72(55-32-37-59(38-33-55)82-76-68(78)42-43-69(76)79)54-28-24-50(25-29-54)51-26-30-56(31-27-51)74(57-34-39-60(40-35-57)83-77-70(80)44-45-71(77)81)58-36-41-67-64(47-58)62(20-11-3)65(14-6)75(67)53-22-16-15-17-23-53/h9-41,46-47,62,65H,1,5-6,42-45H2,2-4,7-8H3/b19-10-,20-11-,21-12-,48-46+,52-18+. The molecule has 0 spiro atoms. The monoisotopic (exact) mass is 1100 g/mol. The molecule has 416 valence electrons. The van der Waals surface area contributed by atoms with Crippen LogP contribution in [0.1, 0.15) is 87.4 Å². The third-order valence-corrected chi connectivity index (χ3v) is 15.1. The van der Waals surface area contributed by atoms with E-state index in [0.717, 1.165) is 101 Å². The molecule has 0 bridgehead atoms. The lowest BCUT2D eigenvalue weighted by Gasteiger charge is -2.28. The number of allylic oxidation sites excluding steroid dienone is 8. The van der Waals surface area contributed by atoms with Crippen molar-refractivity contribution in [2.75, 3.05) is 14.7 Å². The lowest BCUT2D eigenvalue weighted by Crippen LogP contribution is -2.32. The summed E-state index contributed by atoms with van der Waals surface area (Å²) in [5.74, 6) is -0.687. The van der Waals surface area contributed by atoms with Crippen molar-refractivity contribution in [3.05, 3.63) is 248 Å². The summed E-state index contributed by atoms with van der Waals surface area (Å²) in [4.78, 5) is 68.2. The zero-order valence-corrected chi connectivity index (χ0v) is 47.4. The van der Waals surface area contributed by atoms with Crippen LogP contribution in [-0.4, -0.2) is 44.4 Å². The van der Waals surface area contributed by atoms with Gasteiger partial charge in [-0.25, -0.2) is 0 Å². The molecule has 12 heteroatoms. The number of benzene rings is 6. The van der Waals surface area contributed by atoms with Gasteiger partial charge in [-0.05, 0) is 179 Å². The van der Waals surface area contributed by atoms with Crippen LogP contribution in [0.3, 0.4) is 0 Å². The molecule has 83 heavy (non-hydrogen) atoms. The van der Waals surface area contributed by atoms with Crippen LogP contribution in [0.5, 0.6) is 11.5 Å². The first-order valence-electron chi connectivity index (χ1n) is 27.9. The van der Waals surface area contributed by atoms with E-state index in [1.807, 2.05) is 81.5 Å². The number of fused-ring (bicyclic) bond motifs is 1. The molecule has 4 heterocycles. The molecule has 0 N–H and O–H groups in total. The lowest BCUT2D eigenvalue weighted by molar-refractivity contribution is -0.165. The van der Waals surface area contributed by atoms with Crippen molar-refractivity contribution in [2.24, 2.45) is 0 Å². The Hall–Kier alpha value is -10.2. The van der Waals surface area contributed by atoms with E-state index in [0.29, 0.717) is 11.5 Å². The van der Waals surface area contributed by atoms with Crippen LogP contribution in [-0.2, 0) is 19.2 Å². The van der Waals surface area contributed by atoms with Gasteiger partial charge in [0, 0.05) is 99.6 Å². The molecule has 0 aliphatic carbocycles. The predicted octanol–water partition coefficient (Wildman–Crippen LogP) is 16.7. The Morgan fingerprint density at radius 1 is 0.602 bits per heavy atom. The van der Waals surface area contributed by atoms with Gasteiger partial charge in [0.05, 0.1) is 11.7 Å². The third-order valence-electron chi connectivity index (χ3n) is 15.1. The minimum Gasteiger partial charge on any atom is -0.369 e. The van der Waals surface area contributed by atoms with Crippen LogP contribution in [0.4, 0.5) is 39.8 Å². The number of nitrogens with zero attached hydrogens (tertiary/aromatic N) is 6. The van der Waals surface area contributed by atoms with Gasteiger partial charge in [-0.2, -0.15) is 0 Å². The van der Waals surface area contributed by atoms with E-state index in [2.05, 4.69) is 174 Å². The van der Waals surface area contributed by atoms with E-state index < -0.39 is 0 Å². The smallest absolute Gasteiger partial charge is 0.263 e. The van der Waals surface area contributed by atoms with E-state index in [1.54, 1.807) is 30.3 Å². The van der Waals surface area contributed by atoms with Crippen molar-refractivity contribution in [3.8, 4) is 22.6 Å². The van der Waals surface area contributed by atoms with Crippen molar-refractivity contribution < 1.29 is 28.9 Å². The van der Waals surface area contributed by atoms with Gasteiger partial charge in [0.2, 0.25) is 0 Å². The Morgan fingerprint density at radius 2 is 1.12 bits per heavy atom. The van der Waals surface area contributed by atoms with Gasteiger partial charge in [-0.3, -0.25) is 19.2 Å². The summed E-state index contributed by atoms with van der Waals surface area (Å²) < 4.78 is 2.22. The van der Waals surface area contributed by atoms with Gasteiger partial charge in [-0.15, -0.1) is 16.7 Å². The molecule has 10 rings (SSSR count). The van der Waals surface area contributed by atoms with Crippen molar-refractivity contribution >= 4 is 87.4 Å². The molecule has 4 amide bonds. The van der Waals surface area contributed by atoms with Gasteiger partial charge in [0.15, 0.2) is 11.5 Å². The van der Waals surface area contributed by atoms with Crippen LogP contribution in [0.15, 0.2) is 220 Å². The van der Waals surface area contributed by atoms with E-state index >= 15 is 0 Å². The second-order valence-electron chi connectivity index (χ2n) is 20.3. The van der Waals surface area contributed by atoms with E-state index in [-0.39, 0.29) is 61.3 Å². The number of imide groups is 2. The SMILES string of the molecule is C=C/C=C(\C=C/C)n1c(C)c(/C=C(\C)N(c2ccc(ON3C(=O)CCC3=O)cc2)c2ccc(-c3ccc(N(c4ccc(ON5C(=O)CCC5=O)cc4)c4ccc5c(c4)C(/C=C\C)C(C=C)N5c4ccccc4)cc3)cc2)c(C=C)c1/C=C\C. The molecule has 12 nitrogen and oxygen atoms in total. The number of carbonyl (C=O) groups excluding carboxylic acids is 4. The average molecular weight is 1100 g/mol.